The Balaban J connectivity index is 1.75. The number of amides is 1. The molecule has 1 amide bonds. The van der Waals surface area contributed by atoms with Crippen molar-refractivity contribution in [1.29, 1.82) is 0 Å². The summed E-state index contributed by atoms with van der Waals surface area (Å²) in [5.41, 5.74) is 0. The van der Waals surface area contributed by atoms with E-state index in [1.54, 1.807) is 0 Å². The van der Waals surface area contributed by atoms with Gasteiger partial charge in [0, 0.05) is 6.04 Å². The summed E-state index contributed by atoms with van der Waals surface area (Å²) in [7, 11) is -2.95. The molecule has 1 aliphatic heterocycles. The average molecular weight is 276 g/mol. The lowest BCUT2D eigenvalue weighted by atomic mass is 10.3. The molecule has 2 N–H and O–H groups in total. The Morgan fingerprint density at radius 2 is 2.47 bits per heavy atom. The normalized spacial score (nSPS) is 22.5. The molecule has 1 saturated heterocycles. The van der Waals surface area contributed by atoms with Crippen LogP contribution in [0.5, 0.6) is 0 Å². The summed E-state index contributed by atoms with van der Waals surface area (Å²) < 4.78 is 22.4. The zero-order valence-corrected chi connectivity index (χ0v) is 10.6. The second-order valence-electron chi connectivity index (χ2n) is 3.75. The van der Waals surface area contributed by atoms with Crippen LogP contribution in [0.4, 0.5) is 0 Å². The van der Waals surface area contributed by atoms with Gasteiger partial charge in [-0.05, 0) is 6.42 Å². The number of carbonyl (C=O) groups excluding carboxylic acids is 1. The molecule has 1 atom stereocenters. The number of rotatable bonds is 4. The van der Waals surface area contributed by atoms with Crippen LogP contribution < -0.4 is 5.32 Å². The largest absolute Gasteiger partial charge is 0.352 e. The van der Waals surface area contributed by atoms with Gasteiger partial charge in [-0.15, -0.1) is 0 Å². The predicted octanol–water partition coefficient (Wildman–Crippen LogP) is -0.800. The molecule has 9 heteroatoms. The van der Waals surface area contributed by atoms with E-state index >= 15 is 0 Å². The monoisotopic (exact) mass is 276 g/mol. The minimum absolute atomic E-state index is 0.0473. The first kappa shape index (κ1) is 12.4. The van der Waals surface area contributed by atoms with Crippen molar-refractivity contribution in [3.63, 3.8) is 0 Å². The molecule has 2 rings (SSSR count). The van der Waals surface area contributed by atoms with E-state index in [1.165, 1.54) is 18.1 Å². The number of nitrogens with one attached hydrogen (secondary N) is 2. The number of aromatic amines is 1. The smallest absolute Gasteiger partial charge is 0.230 e. The highest BCUT2D eigenvalue weighted by Crippen LogP contribution is 2.13. The van der Waals surface area contributed by atoms with Crippen molar-refractivity contribution < 1.29 is 13.2 Å². The van der Waals surface area contributed by atoms with E-state index in [4.69, 9.17) is 0 Å². The van der Waals surface area contributed by atoms with Crippen molar-refractivity contribution in [2.75, 3.05) is 17.3 Å². The highest BCUT2D eigenvalue weighted by atomic mass is 32.2. The Morgan fingerprint density at radius 1 is 1.65 bits per heavy atom. The molecular weight excluding hydrogens is 264 g/mol. The van der Waals surface area contributed by atoms with E-state index in [9.17, 15) is 13.2 Å². The fourth-order valence-corrected chi connectivity index (χ4v) is 3.84. The first-order valence-corrected chi connectivity index (χ1v) is 7.84. The van der Waals surface area contributed by atoms with Gasteiger partial charge in [0.1, 0.15) is 6.33 Å². The minimum Gasteiger partial charge on any atom is -0.352 e. The van der Waals surface area contributed by atoms with Gasteiger partial charge in [0.25, 0.3) is 0 Å². The first-order chi connectivity index (χ1) is 8.05. The molecule has 7 nitrogen and oxygen atoms in total. The highest BCUT2D eigenvalue weighted by Gasteiger charge is 2.28. The van der Waals surface area contributed by atoms with Crippen LogP contribution in [0.2, 0.25) is 0 Å². The lowest BCUT2D eigenvalue weighted by Crippen LogP contribution is -2.36. The Bertz CT molecular complexity index is 485. The maximum Gasteiger partial charge on any atom is 0.230 e. The molecular formula is C8H12N4O3S2. The molecule has 2 heterocycles. The van der Waals surface area contributed by atoms with Crippen LogP contribution in [0, 0.1) is 0 Å². The number of thioether (sulfide) groups is 1. The van der Waals surface area contributed by atoms with Crippen LogP contribution >= 0.6 is 11.8 Å². The number of sulfone groups is 1. The first-order valence-electron chi connectivity index (χ1n) is 5.03. The quantitative estimate of drug-likeness (QED) is 0.698. The lowest BCUT2D eigenvalue weighted by molar-refractivity contribution is -0.119. The van der Waals surface area contributed by atoms with E-state index in [2.05, 4.69) is 20.5 Å². The zero-order valence-electron chi connectivity index (χ0n) is 8.92. The maximum absolute atomic E-state index is 11.5. The summed E-state index contributed by atoms with van der Waals surface area (Å²) in [4.78, 5) is 15.4. The molecule has 0 bridgehead atoms. The lowest BCUT2D eigenvalue weighted by Gasteiger charge is -2.09. The molecule has 1 fully saturated rings. The van der Waals surface area contributed by atoms with Crippen LogP contribution in [-0.2, 0) is 14.6 Å². The second-order valence-corrected chi connectivity index (χ2v) is 6.94. The van der Waals surface area contributed by atoms with Crippen molar-refractivity contribution >= 4 is 27.5 Å². The van der Waals surface area contributed by atoms with Gasteiger partial charge in [-0.1, -0.05) is 11.8 Å². The van der Waals surface area contributed by atoms with Crippen LogP contribution in [0.25, 0.3) is 0 Å². The third-order valence-corrected chi connectivity index (χ3v) is 4.98. The van der Waals surface area contributed by atoms with Crippen molar-refractivity contribution in [2.45, 2.75) is 17.6 Å². The molecule has 0 radical (unpaired) electrons. The summed E-state index contributed by atoms with van der Waals surface area (Å²) in [6.45, 7) is 0. The van der Waals surface area contributed by atoms with Gasteiger partial charge < -0.3 is 5.32 Å². The third-order valence-electron chi connectivity index (χ3n) is 2.33. The Morgan fingerprint density at radius 3 is 3.06 bits per heavy atom. The van der Waals surface area contributed by atoms with Gasteiger partial charge in [-0.3, -0.25) is 9.89 Å². The number of H-pyrrole nitrogens is 1. The summed E-state index contributed by atoms with van der Waals surface area (Å²) in [5.74, 6) is 0.221. The molecule has 1 aromatic rings. The Labute approximate surface area is 103 Å². The number of hydrogen-bond donors (Lipinski definition) is 2. The molecule has 1 aliphatic rings. The van der Waals surface area contributed by atoms with Gasteiger partial charge in [0.15, 0.2) is 15.0 Å². The SMILES string of the molecule is O=C(CSc1ncn[nH]1)N[C@@H]1CCS(=O)(=O)C1. The maximum atomic E-state index is 11.5. The number of nitrogens with zero attached hydrogens (tertiary/aromatic N) is 2. The van der Waals surface area contributed by atoms with Crippen molar-refractivity contribution in [2.24, 2.45) is 0 Å². The highest BCUT2D eigenvalue weighted by molar-refractivity contribution is 7.99. The average Bonchev–Trinajstić information content (AvgIpc) is 2.85. The van der Waals surface area contributed by atoms with E-state index in [0.29, 0.717) is 11.6 Å². The van der Waals surface area contributed by atoms with Crippen molar-refractivity contribution in [3.05, 3.63) is 6.33 Å². The zero-order chi connectivity index (χ0) is 12.3. The van der Waals surface area contributed by atoms with Crippen molar-refractivity contribution in [3.8, 4) is 0 Å². The van der Waals surface area contributed by atoms with Crippen LogP contribution in [-0.4, -0.2) is 52.8 Å². The standard InChI is InChI=1S/C8H12N4O3S2/c13-7(3-16-8-9-5-10-12-8)11-6-1-2-17(14,15)4-6/h5-6H,1-4H2,(H,11,13)(H,9,10,12)/t6-/m1/s1. The van der Waals surface area contributed by atoms with Crippen LogP contribution in [0.15, 0.2) is 11.5 Å². The number of carbonyl (C=O) groups is 1. The number of aromatic nitrogens is 3. The molecule has 1 aromatic heterocycles. The summed E-state index contributed by atoms with van der Waals surface area (Å²) in [5, 5.41) is 9.54. The Hall–Kier alpha value is -1.09. The number of hydrogen-bond acceptors (Lipinski definition) is 6. The molecule has 0 unspecified atom stereocenters. The van der Waals surface area contributed by atoms with E-state index in [1.807, 2.05) is 0 Å². The molecule has 0 saturated carbocycles. The molecule has 0 spiro atoms. The Kier molecular flexibility index (Phi) is 3.67. The minimum atomic E-state index is -2.95. The summed E-state index contributed by atoms with van der Waals surface area (Å²) >= 11 is 1.23. The molecule has 0 aliphatic carbocycles. The summed E-state index contributed by atoms with van der Waals surface area (Å²) in [6, 6.07) is -0.247. The molecule has 17 heavy (non-hydrogen) atoms. The second kappa shape index (κ2) is 5.05. The topological polar surface area (TPSA) is 105 Å². The van der Waals surface area contributed by atoms with Gasteiger partial charge in [-0.2, -0.15) is 5.10 Å². The van der Waals surface area contributed by atoms with E-state index in [-0.39, 0.29) is 29.2 Å². The van der Waals surface area contributed by atoms with Crippen LogP contribution in [0.1, 0.15) is 6.42 Å². The fourth-order valence-electron chi connectivity index (χ4n) is 1.58. The molecule has 94 valence electrons. The predicted molar refractivity (Wildman–Crippen MR) is 62.3 cm³/mol. The fraction of sp³-hybridized carbons (Fsp3) is 0.625. The third kappa shape index (κ3) is 3.70. The van der Waals surface area contributed by atoms with Crippen LogP contribution in [0.3, 0.4) is 0 Å². The van der Waals surface area contributed by atoms with Gasteiger partial charge in [0.05, 0.1) is 17.3 Å². The van der Waals surface area contributed by atoms with Crippen molar-refractivity contribution in [1.82, 2.24) is 20.5 Å². The van der Waals surface area contributed by atoms with Gasteiger partial charge in [-0.25, -0.2) is 13.4 Å². The molecule has 0 aromatic carbocycles. The van der Waals surface area contributed by atoms with E-state index < -0.39 is 9.84 Å². The van der Waals surface area contributed by atoms with Gasteiger partial charge in [0.2, 0.25) is 5.91 Å². The summed E-state index contributed by atoms with van der Waals surface area (Å²) in [6.07, 6.45) is 1.87. The van der Waals surface area contributed by atoms with Gasteiger partial charge >= 0.3 is 0 Å². The van der Waals surface area contributed by atoms with E-state index in [0.717, 1.165) is 0 Å².